The van der Waals surface area contributed by atoms with E-state index in [9.17, 15) is 5.11 Å². The van der Waals surface area contributed by atoms with Gasteiger partial charge in [0, 0.05) is 6.04 Å². The van der Waals surface area contributed by atoms with Gasteiger partial charge in [0.05, 0.1) is 6.61 Å². The van der Waals surface area contributed by atoms with Crippen LogP contribution in [-0.4, -0.2) is 42.3 Å². The monoisotopic (exact) mass is 200 g/mol. The smallest absolute Gasteiger partial charge is 0.0589 e. The van der Waals surface area contributed by atoms with Crippen molar-refractivity contribution in [3.8, 4) is 0 Å². The average molecular weight is 200 g/mol. The summed E-state index contributed by atoms with van der Waals surface area (Å²) < 4.78 is 0. The molecular weight excluding hydrogens is 176 g/mol. The van der Waals surface area contributed by atoms with Crippen LogP contribution in [0, 0.1) is 5.92 Å². The quantitative estimate of drug-likeness (QED) is 0.624. The fourth-order valence-electron chi connectivity index (χ4n) is 2.30. The summed E-state index contributed by atoms with van der Waals surface area (Å²) in [4.78, 5) is 2.43. The summed E-state index contributed by atoms with van der Waals surface area (Å²) in [5, 5.41) is 9.25. The molecule has 0 aliphatic carbocycles. The molecule has 1 fully saturated rings. The summed E-state index contributed by atoms with van der Waals surface area (Å²) in [7, 11) is 0. The molecule has 0 saturated carbocycles. The third-order valence-electron chi connectivity index (χ3n) is 3.33. The van der Waals surface area contributed by atoms with Crippen LogP contribution in [0.1, 0.15) is 32.6 Å². The minimum atomic E-state index is 0.318. The maximum atomic E-state index is 9.25. The Hall–Kier alpha value is -0.120. The molecule has 0 radical (unpaired) electrons. The second-order valence-electron chi connectivity index (χ2n) is 4.40. The molecule has 14 heavy (non-hydrogen) atoms. The van der Waals surface area contributed by atoms with Gasteiger partial charge in [-0.25, -0.2) is 0 Å². The van der Waals surface area contributed by atoms with Gasteiger partial charge >= 0.3 is 0 Å². The lowest BCUT2D eigenvalue weighted by atomic mass is 10.0. The molecule has 0 aromatic heterocycles. The lowest BCUT2D eigenvalue weighted by Gasteiger charge is -2.24. The fourth-order valence-corrected chi connectivity index (χ4v) is 2.30. The standard InChI is InChI=1S/C11H24N2O/c1-10-5-8-13(11(10)9-14)7-4-2-3-6-12/h10-11,14H,2-9,12H2,1H3. The molecule has 0 bridgehead atoms. The van der Waals surface area contributed by atoms with Crippen molar-refractivity contribution in [1.29, 1.82) is 0 Å². The van der Waals surface area contributed by atoms with E-state index in [0.717, 1.165) is 26.1 Å². The molecule has 2 atom stereocenters. The van der Waals surface area contributed by atoms with Crippen molar-refractivity contribution in [1.82, 2.24) is 4.90 Å². The van der Waals surface area contributed by atoms with E-state index < -0.39 is 0 Å². The van der Waals surface area contributed by atoms with Crippen LogP contribution in [0.2, 0.25) is 0 Å². The highest BCUT2D eigenvalue weighted by Crippen LogP contribution is 2.23. The molecule has 1 aliphatic heterocycles. The van der Waals surface area contributed by atoms with E-state index in [1.54, 1.807) is 0 Å². The highest BCUT2D eigenvalue weighted by Gasteiger charge is 2.29. The molecule has 1 saturated heterocycles. The minimum absolute atomic E-state index is 0.318. The summed E-state index contributed by atoms with van der Waals surface area (Å²) >= 11 is 0. The summed E-state index contributed by atoms with van der Waals surface area (Å²) in [5.41, 5.74) is 5.44. The Morgan fingerprint density at radius 2 is 2.14 bits per heavy atom. The van der Waals surface area contributed by atoms with Gasteiger partial charge in [-0.3, -0.25) is 4.90 Å². The topological polar surface area (TPSA) is 49.5 Å². The third kappa shape index (κ3) is 3.23. The van der Waals surface area contributed by atoms with Crippen LogP contribution in [0.4, 0.5) is 0 Å². The van der Waals surface area contributed by atoms with Crippen molar-refractivity contribution in [3.63, 3.8) is 0 Å². The van der Waals surface area contributed by atoms with Gasteiger partial charge in [0.25, 0.3) is 0 Å². The van der Waals surface area contributed by atoms with Crippen LogP contribution in [0.5, 0.6) is 0 Å². The highest BCUT2D eigenvalue weighted by molar-refractivity contribution is 4.83. The van der Waals surface area contributed by atoms with Crippen LogP contribution in [-0.2, 0) is 0 Å². The van der Waals surface area contributed by atoms with Crippen LogP contribution in [0.25, 0.3) is 0 Å². The second kappa shape index (κ2) is 6.38. The van der Waals surface area contributed by atoms with Crippen molar-refractivity contribution in [3.05, 3.63) is 0 Å². The first-order chi connectivity index (χ1) is 6.79. The molecule has 1 aliphatic rings. The zero-order valence-electron chi connectivity index (χ0n) is 9.28. The molecule has 0 spiro atoms. The average Bonchev–Trinajstić information content (AvgIpc) is 2.54. The molecule has 1 heterocycles. The molecule has 0 aromatic rings. The Balaban J connectivity index is 2.17. The summed E-state index contributed by atoms with van der Waals surface area (Å²) in [6.07, 6.45) is 4.81. The number of likely N-dealkylation sites (tertiary alicyclic amines) is 1. The van der Waals surface area contributed by atoms with Gasteiger partial charge in [-0.15, -0.1) is 0 Å². The van der Waals surface area contributed by atoms with Crippen molar-refractivity contribution in [2.45, 2.75) is 38.6 Å². The molecule has 3 nitrogen and oxygen atoms in total. The normalized spacial score (nSPS) is 28.5. The van der Waals surface area contributed by atoms with Gasteiger partial charge in [0.2, 0.25) is 0 Å². The van der Waals surface area contributed by atoms with Crippen molar-refractivity contribution >= 4 is 0 Å². The number of aliphatic hydroxyl groups is 1. The summed E-state index contributed by atoms with van der Waals surface area (Å²) in [6.45, 7) is 5.66. The molecule has 0 aromatic carbocycles. The molecule has 0 amide bonds. The molecule has 84 valence electrons. The minimum Gasteiger partial charge on any atom is -0.395 e. The molecular formula is C11H24N2O. The van der Waals surface area contributed by atoms with Gasteiger partial charge in [-0.1, -0.05) is 13.3 Å². The predicted octanol–water partition coefficient (Wildman–Crippen LogP) is 0.818. The van der Waals surface area contributed by atoms with Crippen LogP contribution in [0.15, 0.2) is 0 Å². The van der Waals surface area contributed by atoms with Crippen molar-refractivity contribution < 1.29 is 5.11 Å². The molecule has 3 heteroatoms. The number of aliphatic hydroxyl groups excluding tert-OH is 1. The Morgan fingerprint density at radius 3 is 2.79 bits per heavy atom. The van der Waals surface area contributed by atoms with Crippen molar-refractivity contribution in [2.24, 2.45) is 11.7 Å². The van der Waals surface area contributed by atoms with Crippen LogP contribution in [0.3, 0.4) is 0 Å². The van der Waals surface area contributed by atoms with Gasteiger partial charge in [-0.05, 0) is 44.8 Å². The van der Waals surface area contributed by atoms with Crippen LogP contribution < -0.4 is 5.73 Å². The van der Waals surface area contributed by atoms with Gasteiger partial charge in [0.1, 0.15) is 0 Å². The lowest BCUT2D eigenvalue weighted by Crippen LogP contribution is -2.35. The number of nitrogens with two attached hydrogens (primary N) is 1. The van der Waals surface area contributed by atoms with E-state index in [2.05, 4.69) is 11.8 Å². The van der Waals surface area contributed by atoms with Crippen molar-refractivity contribution in [2.75, 3.05) is 26.2 Å². The Bertz CT molecular complexity index is 152. The SMILES string of the molecule is CC1CCN(CCCCCN)C1CO. The van der Waals surface area contributed by atoms with Gasteiger partial charge < -0.3 is 10.8 Å². The Morgan fingerprint density at radius 1 is 1.36 bits per heavy atom. The maximum Gasteiger partial charge on any atom is 0.0589 e. The van der Waals surface area contributed by atoms with E-state index in [1.807, 2.05) is 0 Å². The summed E-state index contributed by atoms with van der Waals surface area (Å²) in [5.74, 6) is 0.662. The summed E-state index contributed by atoms with van der Waals surface area (Å²) in [6, 6.07) is 0.410. The lowest BCUT2D eigenvalue weighted by molar-refractivity contribution is 0.137. The number of rotatable bonds is 6. The van der Waals surface area contributed by atoms with E-state index >= 15 is 0 Å². The predicted molar refractivity (Wildman–Crippen MR) is 59.1 cm³/mol. The van der Waals surface area contributed by atoms with Gasteiger partial charge in [-0.2, -0.15) is 0 Å². The highest BCUT2D eigenvalue weighted by atomic mass is 16.3. The zero-order chi connectivity index (χ0) is 10.4. The number of unbranched alkanes of at least 4 members (excludes halogenated alkanes) is 2. The number of hydrogen-bond donors (Lipinski definition) is 2. The fraction of sp³-hybridized carbons (Fsp3) is 1.00. The molecule has 2 unspecified atom stereocenters. The molecule has 1 rings (SSSR count). The van der Waals surface area contributed by atoms with Gasteiger partial charge in [0.15, 0.2) is 0 Å². The number of hydrogen-bond acceptors (Lipinski definition) is 3. The number of nitrogens with zero attached hydrogens (tertiary/aromatic N) is 1. The first kappa shape index (κ1) is 12.0. The maximum absolute atomic E-state index is 9.25. The van der Waals surface area contributed by atoms with E-state index in [4.69, 9.17) is 5.73 Å². The van der Waals surface area contributed by atoms with E-state index in [-0.39, 0.29) is 0 Å². The van der Waals surface area contributed by atoms with E-state index in [0.29, 0.717) is 18.6 Å². The first-order valence-electron chi connectivity index (χ1n) is 5.84. The largest absolute Gasteiger partial charge is 0.395 e. The van der Waals surface area contributed by atoms with Crippen LogP contribution >= 0.6 is 0 Å². The second-order valence-corrected chi connectivity index (χ2v) is 4.40. The first-order valence-corrected chi connectivity index (χ1v) is 5.84. The zero-order valence-corrected chi connectivity index (χ0v) is 9.28. The molecule has 3 N–H and O–H groups in total. The Kier molecular flexibility index (Phi) is 5.45. The third-order valence-corrected chi connectivity index (χ3v) is 3.33. The Labute approximate surface area is 87.3 Å². The van der Waals surface area contributed by atoms with E-state index in [1.165, 1.54) is 19.3 Å².